The smallest absolute Gasteiger partial charge is 0.160 e. The highest BCUT2D eigenvalue weighted by Gasteiger charge is 2.12. The van der Waals surface area contributed by atoms with Gasteiger partial charge in [0.15, 0.2) is 11.5 Å². The Balaban J connectivity index is 2.47. The van der Waals surface area contributed by atoms with Crippen LogP contribution in [-0.2, 0) is 9.47 Å². The number of aliphatic hydroxyl groups excluding tert-OH is 1. The molecule has 0 fully saturated rings. The fourth-order valence-corrected chi connectivity index (χ4v) is 1.61. The van der Waals surface area contributed by atoms with Crippen molar-refractivity contribution in [3.63, 3.8) is 0 Å². The van der Waals surface area contributed by atoms with Crippen molar-refractivity contribution in [3.8, 4) is 0 Å². The molecular formula is C16H25NO3. The third kappa shape index (κ3) is 6.59. The van der Waals surface area contributed by atoms with Gasteiger partial charge in [0, 0.05) is 12.6 Å². The number of hydrogen-bond acceptors (Lipinski definition) is 4. The Bertz CT molecular complexity index is 383. The first-order valence-electron chi connectivity index (χ1n) is 6.98. The number of aliphatic hydroxyl groups is 1. The molecule has 1 aliphatic rings. The van der Waals surface area contributed by atoms with Crippen molar-refractivity contribution in [2.45, 2.75) is 32.4 Å². The molecule has 0 aromatic carbocycles. The first kappa shape index (κ1) is 16.5. The third-order valence-electron chi connectivity index (χ3n) is 2.62. The first-order chi connectivity index (χ1) is 9.63. The number of allylic oxidation sites excluding steroid dienone is 4. The molecule has 2 N–H and O–H groups in total. The fourth-order valence-electron chi connectivity index (χ4n) is 1.61. The predicted octanol–water partition coefficient (Wildman–Crippen LogP) is 2.29. The van der Waals surface area contributed by atoms with Gasteiger partial charge in [-0.05, 0) is 18.6 Å². The summed E-state index contributed by atoms with van der Waals surface area (Å²) in [5, 5.41) is 13.0. The minimum Gasteiger partial charge on any atom is -0.487 e. The summed E-state index contributed by atoms with van der Waals surface area (Å²) in [5.74, 6) is 1.34. The van der Waals surface area contributed by atoms with Crippen LogP contribution in [0, 0.1) is 0 Å². The SMILES string of the molecule is C=CCOC1=CCC=CC=C1OCC(O)CNC(C)C. The maximum atomic E-state index is 9.85. The second-order valence-electron chi connectivity index (χ2n) is 4.89. The molecule has 1 aliphatic carbocycles. The Labute approximate surface area is 121 Å². The normalized spacial score (nSPS) is 16.2. The maximum absolute atomic E-state index is 9.85. The van der Waals surface area contributed by atoms with E-state index >= 15 is 0 Å². The zero-order valence-electron chi connectivity index (χ0n) is 12.3. The van der Waals surface area contributed by atoms with Crippen molar-refractivity contribution in [1.82, 2.24) is 5.32 Å². The van der Waals surface area contributed by atoms with Crippen LogP contribution in [0.5, 0.6) is 0 Å². The van der Waals surface area contributed by atoms with Gasteiger partial charge in [-0.15, -0.1) is 0 Å². The monoisotopic (exact) mass is 279 g/mol. The molecule has 0 amide bonds. The van der Waals surface area contributed by atoms with Crippen molar-refractivity contribution >= 4 is 0 Å². The summed E-state index contributed by atoms with van der Waals surface area (Å²) in [7, 11) is 0. The average molecular weight is 279 g/mol. The molecule has 20 heavy (non-hydrogen) atoms. The number of nitrogens with one attached hydrogen (secondary N) is 1. The standard InChI is InChI=1S/C16H25NO3/c1-4-10-19-15-8-6-5-7-9-16(15)20-12-14(18)11-17-13(2)3/h4-5,7-9,13-14,17-18H,1,6,10-12H2,2-3H3. The minimum atomic E-state index is -0.550. The van der Waals surface area contributed by atoms with E-state index in [0.717, 1.165) is 6.42 Å². The molecule has 1 rings (SSSR count). The van der Waals surface area contributed by atoms with Crippen LogP contribution in [-0.4, -0.2) is 37.0 Å². The third-order valence-corrected chi connectivity index (χ3v) is 2.62. The number of hydrogen-bond donors (Lipinski definition) is 2. The van der Waals surface area contributed by atoms with Crippen molar-refractivity contribution < 1.29 is 14.6 Å². The van der Waals surface area contributed by atoms with Crippen LogP contribution in [0.15, 0.2) is 48.5 Å². The van der Waals surface area contributed by atoms with E-state index in [1.165, 1.54) is 0 Å². The van der Waals surface area contributed by atoms with Crippen LogP contribution in [0.2, 0.25) is 0 Å². The molecule has 0 aliphatic heterocycles. The summed E-state index contributed by atoms with van der Waals surface area (Å²) >= 11 is 0. The predicted molar refractivity (Wildman–Crippen MR) is 81.2 cm³/mol. The maximum Gasteiger partial charge on any atom is 0.160 e. The van der Waals surface area contributed by atoms with E-state index in [1.807, 2.05) is 38.2 Å². The highest BCUT2D eigenvalue weighted by Crippen LogP contribution is 2.17. The minimum absolute atomic E-state index is 0.230. The topological polar surface area (TPSA) is 50.7 Å². The molecule has 112 valence electrons. The second-order valence-corrected chi connectivity index (χ2v) is 4.89. The molecular weight excluding hydrogens is 254 g/mol. The van der Waals surface area contributed by atoms with Crippen LogP contribution >= 0.6 is 0 Å². The van der Waals surface area contributed by atoms with Gasteiger partial charge in [-0.1, -0.05) is 38.7 Å². The van der Waals surface area contributed by atoms with Gasteiger partial charge in [0.1, 0.15) is 19.3 Å². The quantitative estimate of drug-likeness (QED) is 0.636. The van der Waals surface area contributed by atoms with Crippen LogP contribution in [0.25, 0.3) is 0 Å². The van der Waals surface area contributed by atoms with Gasteiger partial charge in [-0.25, -0.2) is 0 Å². The molecule has 0 saturated carbocycles. The lowest BCUT2D eigenvalue weighted by atomic mass is 10.3. The summed E-state index contributed by atoms with van der Waals surface area (Å²) in [6, 6.07) is 0.344. The highest BCUT2D eigenvalue weighted by atomic mass is 16.5. The largest absolute Gasteiger partial charge is 0.487 e. The van der Waals surface area contributed by atoms with Crippen molar-refractivity contribution in [2.75, 3.05) is 19.8 Å². The Kier molecular flexibility index (Phi) is 7.77. The van der Waals surface area contributed by atoms with E-state index in [2.05, 4.69) is 11.9 Å². The van der Waals surface area contributed by atoms with E-state index in [1.54, 1.807) is 6.08 Å². The van der Waals surface area contributed by atoms with E-state index in [9.17, 15) is 5.11 Å². The van der Waals surface area contributed by atoms with Crippen LogP contribution in [0.3, 0.4) is 0 Å². The van der Waals surface area contributed by atoms with E-state index in [4.69, 9.17) is 9.47 Å². The number of rotatable bonds is 9. The molecule has 0 saturated heterocycles. The molecule has 4 heteroatoms. The molecule has 0 aromatic rings. The Morgan fingerprint density at radius 1 is 1.40 bits per heavy atom. The Hall–Kier alpha value is -1.52. The van der Waals surface area contributed by atoms with Crippen LogP contribution < -0.4 is 5.32 Å². The van der Waals surface area contributed by atoms with Gasteiger partial charge < -0.3 is 19.9 Å². The zero-order chi connectivity index (χ0) is 14.8. The molecule has 0 spiro atoms. The van der Waals surface area contributed by atoms with Gasteiger partial charge in [0.05, 0.1) is 0 Å². The molecule has 0 heterocycles. The number of ether oxygens (including phenoxy) is 2. The van der Waals surface area contributed by atoms with Gasteiger partial charge in [-0.3, -0.25) is 0 Å². The molecule has 0 radical (unpaired) electrons. The van der Waals surface area contributed by atoms with Crippen LogP contribution in [0.4, 0.5) is 0 Å². The van der Waals surface area contributed by atoms with Crippen molar-refractivity contribution in [3.05, 3.63) is 48.5 Å². The lowest BCUT2D eigenvalue weighted by Crippen LogP contribution is -2.34. The summed E-state index contributed by atoms with van der Waals surface area (Å²) < 4.78 is 11.2. The van der Waals surface area contributed by atoms with Crippen LogP contribution in [0.1, 0.15) is 20.3 Å². The van der Waals surface area contributed by atoms with Gasteiger partial charge in [0.25, 0.3) is 0 Å². The molecule has 1 unspecified atom stereocenters. The second kappa shape index (κ2) is 9.39. The van der Waals surface area contributed by atoms with E-state index in [-0.39, 0.29) is 6.61 Å². The van der Waals surface area contributed by atoms with Crippen molar-refractivity contribution in [2.24, 2.45) is 0 Å². The van der Waals surface area contributed by atoms with Gasteiger partial charge in [0.2, 0.25) is 0 Å². The lowest BCUT2D eigenvalue weighted by molar-refractivity contribution is 0.0630. The Morgan fingerprint density at radius 2 is 2.20 bits per heavy atom. The molecule has 4 nitrogen and oxygen atoms in total. The summed E-state index contributed by atoms with van der Waals surface area (Å²) in [6.07, 6.45) is 9.69. The molecule has 0 bridgehead atoms. The summed E-state index contributed by atoms with van der Waals surface area (Å²) in [6.45, 7) is 8.88. The summed E-state index contributed by atoms with van der Waals surface area (Å²) in [5.41, 5.74) is 0. The lowest BCUT2D eigenvalue weighted by Gasteiger charge is -2.18. The molecule has 1 atom stereocenters. The highest BCUT2D eigenvalue weighted by molar-refractivity contribution is 5.28. The zero-order valence-corrected chi connectivity index (χ0v) is 12.3. The van der Waals surface area contributed by atoms with E-state index < -0.39 is 6.10 Å². The average Bonchev–Trinajstić information content (AvgIpc) is 2.65. The fraction of sp³-hybridized carbons (Fsp3) is 0.500. The van der Waals surface area contributed by atoms with Gasteiger partial charge >= 0.3 is 0 Å². The van der Waals surface area contributed by atoms with Crippen molar-refractivity contribution in [1.29, 1.82) is 0 Å². The van der Waals surface area contributed by atoms with E-state index in [0.29, 0.717) is 30.7 Å². The first-order valence-corrected chi connectivity index (χ1v) is 6.98. The summed E-state index contributed by atoms with van der Waals surface area (Å²) in [4.78, 5) is 0. The Morgan fingerprint density at radius 3 is 2.90 bits per heavy atom. The molecule has 0 aromatic heterocycles. The van der Waals surface area contributed by atoms with Gasteiger partial charge in [-0.2, -0.15) is 0 Å².